The molecule has 3 aromatic heterocycles. The number of aromatic nitrogens is 3. The van der Waals surface area contributed by atoms with Crippen LogP contribution in [0.15, 0.2) is 53.6 Å². The van der Waals surface area contributed by atoms with Gasteiger partial charge in [0, 0.05) is 43.1 Å². The molecule has 3 aromatic rings. The van der Waals surface area contributed by atoms with Crippen LogP contribution in [0.3, 0.4) is 0 Å². The van der Waals surface area contributed by atoms with E-state index in [2.05, 4.69) is 38.2 Å². The number of thiazole rings is 1. The highest BCUT2D eigenvalue weighted by molar-refractivity contribution is 7.07. The molecule has 7 heteroatoms. The summed E-state index contributed by atoms with van der Waals surface area (Å²) in [4.78, 5) is 23.2. The second kappa shape index (κ2) is 7.70. The standard InChI is InChI=1S/C19H21N5OS/c25-19(17-13-26-14-22-17)24-11-15(10-23-9-3-4-16(23)12-24)6-8-21-18-5-1-2-7-20-18/h1-5,7,9,13-15H,6,8,10-12H2,(H,20,21)/t15-/m1/s1. The molecule has 0 aliphatic carbocycles. The molecule has 1 aliphatic heterocycles. The molecule has 0 saturated carbocycles. The first-order valence-electron chi connectivity index (χ1n) is 8.76. The second-order valence-electron chi connectivity index (χ2n) is 6.51. The van der Waals surface area contributed by atoms with Crippen molar-refractivity contribution in [3.63, 3.8) is 0 Å². The van der Waals surface area contributed by atoms with Gasteiger partial charge in [-0.25, -0.2) is 9.97 Å². The fraction of sp³-hybridized carbons (Fsp3) is 0.316. The van der Waals surface area contributed by atoms with Gasteiger partial charge in [0.15, 0.2) is 0 Å². The first kappa shape index (κ1) is 16.8. The minimum absolute atomic E-state index is 0.0172. The first-order valence-corrected chi connectivity index (χ1v) is 9.70. The maximum atomic E-state index is 12.8. The van der Waals surface area contributed by atoms with Crippen molar-refractivity contribution in [2.24, 2.45) is 5.92 Å². The molecule has 1 atom stereocenters. The van der Waals surface area contributed by atoms with Crippen molar-refractivity contribution in [3.8, 4) is 0 Å². The summed E-state index contributed by atoms with van der Waals surface area (Å²) < 4.78 is 2.26. The summed E-state index contributed by atoms with van der Waals surface area (Å²) in [6.45, 7) is 3.12. The van der Waals surface area contributed by atoms with Crippen LogP contribution in [-0.2, 0) is 13.1 Å². The molecular formula is C19H21N5OS. The lowest BCUT2D eigenvalue weighted by molar-refractivity contribution is 0.0714. The number of anilines is 1. The van der Waals surface area contributed by atoms with Crippen LogP contribution in [0.5, 0.6) is 0 Å². The van der Waals surface area contributed by atoms with Crippen LogP contribution in [-0.4, -0.2) is 38.4 Å². The number of nitrogens with zero attached hydrogens (tertiary/aromatic N) is 4. The van der Waals surface area contributed by atoms with E-state index in [9.17, 15) is 4.79 Å². The molecule has 0 saturated heterocycles. The van der Waals surface area contributed by atoms with Gasteiger partial charge >= 0.3 is 0 Å². The quantitative estimate of drug-likeness (QED) is 0.753. The molecule has 4 rings (SSSR count). The van der Waals surface area contributed by atoms with Crippen LogP contribution in [0.2, 0.25) is 0 Å². The van der Waals surface area contributed by atoms with Gasteiger partial charge in [-0.2, -0.15) is 0 Å². The maximum Gasteiger partial charge on any atom is 0.273 e. The molecule has 0 radical (unpaired) electrons. The lowest BCUT2D eigenvalue weighted by Crippen LogP contribution is -2.34. The predicted molar refractivity (Wildman–Crippen MR) is 102 cm³/mol. The Morgan fingerprint density at radius 1 is 1.23 bits per heavy atom. The molecule has 1 amide bonds. The fourth-order valence-electron chi connectivity index (χ4n) is 3.37. The van der Waals surface area contributed by atoms with Gasteiger partial charge in [0.05, 0.1) is 12.1 Å². The van der Waals surface area contributed by atoms with Gasteiger partial charge in [0.25, 0.3) is 5.91 Å². The van der Waals surface area contributed by atoms with Crippen molar-refractivity contribution in [3.05, 3.63) is 65.0 Å². The van der Waals surface area contributed by atoms with Gasteiger partial charge in [0.2, 0.25) is 0 Å². The van der Waals surface area contributed by atoms with Crippen molar-refractivity contribution >= 4 is 23.1 Å². The van der Waals surface area contributed by atoms with E-state index >= 15 is 0 Å². The molecule has 0 spiro atoms. The van der Waals surface area contributed by atoms with Crippen molar-refractivity contribution < 1.29 is 4.79 Å². The number of hydrogen-bond acceptors (Lipinski definition) is 5. The minimum Gasteiger partial charge on any atom is -0.370 e. The smallest absolute Gasteiger partial charge is 0.273 e. The number of nitrogens with one attached hydrogen (secondary N) is 1. The lowest BCUT2D eigenvalue weighted by Gasteiger charge is -2.23. The lowest BCUT2D eigenvalue weighted by atomic mass is 10.0. The Balaban J connectivity index is 1.45. The number of carbonyl (C=O) groups is 1. The third kappa shape index (κ3) is 3.77. The summed E-state index contributed by atoms with van der Waals surface area (Å²) in [5.41, 5.74) is 3.43. The Morgan fingerprint density at radius 2 is 2.19 bits per heavy atom. The number of carbonyl (C=O) groups excluding carboxylic acids is 1. The molecule has 1 N–H and O–H groups in total. The third-order valence-electron chi connectivity index (χ3n) is 4.67. The van der Waals surface area contributed by atoms with E-state index in [0.717, 1.165) is 31.9 Å². The summed E-state index contributed by atoms with van der Waals surface area (Å²) in [6.07, 6.45) is 4.86. The van der Waals surface area contributed by atoms with E-state index in [-0.39, 0.29) is 5.91 Å². The fourth-order valence-corrected chi connectivity index (χ4v) is 3.89. The topological polar surface area (TPSA) is 63.1 Å². The molecule has 4 heterocycles. The monoisotopic (exact) mass is 367 g/mol. The highest BCUT2D eigenvalue weighted by atomic mass is 32.1. The largest absolute Gasteiger partial charge is 0.370 e. The van der Waals surface area contributed by atoms with E-state index < -0.39 is 0 Å². The normalized spacial score (nSPS) is 16.8. The highest BCUT2D eigenvalue weighted by Gasteiger charge is 2.26. The van der Waals surface area contributed by atoms with E-state index in [4.69, 9.17) is 0 Å². The van der Waals surface area contributed by atoms with Crippen molar-refractivity contribution in [1.82, 2.24) is 19.4 Å². The van der Waals surface area contributed by atoms with E-state index in [1.165, 1.54) is 17.0 Å². The maximum absolute atomic E-state index is 12.8. The first-order chi connectivity index (χ1) is 12.8. The van der Waals surface area contributed by atoms with Crippen LogP contribution >= 0.6 is 11.3 Å². The Morgan fingerprint density at radius 3 is 3.00 bits per heavy atom. The highest BCUT2D eigenvalue weighted by Crippen LogP contribution is 2.21. The zero-order valence-electron chi connectivity index (χ0n) is 14.4. The zero-order chi connectivity index (χ0) is 17.8. The number of hydrogen-bond donors (Lipinski definition) is 1. The van der Waals surface area contributed by atoms with Crippen molar-refractivity contribution in [1.29, 1.82) is 0 Å². The van der Waals surface area contributed by atoms with Crippen LogP contribution in [0.1, 0.15) is 22.6 Å². The van der Waals surface area contributed by atoms with Crippen molar-refractivity contribution in [2.75, 3.05) is 18.4 Å². The summed E-state index contributed by atoms with van der Waals surface area (Å²) in [6, 6.07) is 9.99. The van der Waals surface area contributed by atoms with Crippen molar-refractivity contribution in [2.45, 2.75) is 19.5 Å². The summed E-state index contributed by atoms with van der Waals surface area (Å²) >= 11 is 1.46. The summed E-state index contributed by atoms with van der Waals surface area (Å²) in [5, 5.41) is 5.19. The van der Waals surface area contributed by atoms with E-state index in [1.54, 1.807) is 11.7 Å². The second-order valence-corrected chi connectivity index (χ2v) is 7.23. The number of rotatable bonds is 5. The van der Waals surface area contributed by atoms with Gasteiger partial charge in [-0.05, 0) is 36.6 Å². The molecule has 0 bridgehead atoms. The van der Waals surface area contributed by atoms with Gasteiger partial charge in [0.1, 0.15) is 11.5 Å². The van der Waals surface area contributed by atoms with Gasteiger partial charge in [-0.3, -0.25) is 4.79 Å². The summed E-state index contributed by atoms with van der Waals surface area (Å²) in [5.74, 6) is 1.28. The van der Waals surface area contributed by atoms with Crippen LogP contribution in [0, 0.1) is 5.92 Å². The Kier molecular flexibility index (Phi) is 4.97. The molecule has 1 aliphatic rings. The predicted octanol–water partition coefficient (Wildman–Crippen LogP) is 3.11. The average Bonchev–Trinajstić information content (AvgIpc) is 3.31. The number of amides is 1. The molecule has 134 valence electrons. The molecular weight excluding hydrogens is 346 g/mol. The average molecular weight is 367 g/mol. The molecule has 6 nitrogen and oxygen atoms in total. The molecule has 0 unspecified atom stereocenters. The zero-order valence-corrected chi connectivity index (χ0v) is 15.2. The van der Waals surface area contributed by atoms with Crippen LogP contribution in [0.4, 0.5) is 5.82 Å². The van der Waals surface area contributed by atoms with E-state index in [1.807, 2.05) is 28.5 Å². The third-order valence-corrected chi connectivity index (χ3v) is 5.26. The Labute approximate surface area is 156 Å². The molecule has 0 fully saturated rings. The molecule has 26 heavy (non-hydrogen) atoms. The van der Waals surface area contributed by atoms with Gasteiger partial charge < -0.3 is 14.8 Å². The number of fused-ring (bicyclic) bond motifs is 1. The van der Waals surface area contributed by atoms with E-state index in [0.29, 0.717) is 18.2 Å². The summed E-state index contributed by atoms with van der Waals surface area (Å²) in [7, 11) is 0. The minimum atomic E-state index is 0.0172. The van der Waals surface area contributed by atoms with Crippen LogP contribution in [0.25, 0.3) is 0 Å². The molecule has 0 aromatic carbocycles. The van der Waals surface area contributed by atoms with Crippen LogP contribution < -0.4 is 5.32 Å². The Hall–Kier alpha value is -2.67. The number of pyridine rings is 1. The van der Waals surface area contributed by atoms with Gasteiger partial charge in [-0.1, -0.05) is 6.07 Å². The SMILES string of the molecule is O=C(c1cscn1)N1Cc2cccn2C[C@@H](CCNc2ccccn2)C1. The Bertz CT molecular complexity index is 846. The van der Waals surface area contributed by atoms with Gasteiger partial charge in [-0.15, -0.1) is 11.3 Å².